The van der Waals surface area contributed by atoms with Gasteiger partial charge in [-0.1, -0.05) is 38.1 Å². The summed E-state index contributed by atoms with van der Waals surface area (Å²) in [7, 11) is 4.03. The van der Waals surface area contributed by atoms with Gasteiger partial charge in [-0.2, -0.15) is 0 Å². The van der Waals surface area contributed by atoms with Crippen LogP contribution >= 0.6 is 0 Å². The van der Waals surface area contributed by atoms with Gasteiger partial charge < -0.3 is 0 Å². The van der Waals surface area contributed by atoms with E-state index in [2.05, 4.69) is 23.1 Å². The molecule has 0 aromatic heterocycles. The first-order valence-corrected chi connectivity index (χ1v) is 6.30. The predicted molar refractivity (Wildman–Crippen MR) is 70.0 cm³/mol. The minimum Gasteiger partial charge on any atom is -0.297 e. The second-order valence-electron chi connectivity index (χ2n) is 5.43. The van der Waals surface area contributed by atoms with Crippen LogP contribution in [0.5, 0.6) is 0 Å². The number of Topliss-reactive ketones (excluding diaryl/α,β-unsaturated/α-hetero) is 1. The molecule has 1 aromatic carbocycles. The van der Waals surface area contributed by atoms with Crippen LogP contribution in [0, 0.1) is 5.92 Å². The maximum Gasteiger partial charge on any atom is 0.160 e. The Morgan fingerprint density at radius 2 is 1.94 bits per heavy atom. The van der Waals surface area contributed by atoms with Crippen molar-refractivity contribution in [2.75, 3.05) is 14.1 Å². The summed E-state index contributed by atoms with van der Waals surface area (Å²) in [5, 5.41) is 0. The molecule has 0 fully saturated rings. The first-order valence-electron chi connectivity index (χ1n) is 6.30. The molecule has 1 aliphatic carbocycles. The topological polar surface area (TPSA) is 20.3 Å². The lowest BCUT2D eigenvalue weighted by Gasteiger charge is -2.37. The van der Waals surface area contributed by atoms with Crippen LogP contribution in [0.15, 0.2) is 24.3 Å². The van der Waals surface area contributed by atoms with Gasteiger partial charge in [0.25, 0.3) is 0 Å². The molecule has 2 nitrogen and oxygen atoms in total. The lowest BCUT2D eigenvalue weighted by Crippen LogP contribution is -2.48. The van der Waals surface area contributed by atoms with Crippen molar-refractivity contribution in [3.05, 3.63) is 35.4 Å². The van der Waals surface area contributed by atoms with Gasteiger partial charge in [-0.15, -0.1) is 0 Å². The molecule has 17 heavy (non-hydrogen) atoms. The van der Waals surface area contributed by atoms with Gasteiger partial charge in [0.15, 0.2) is 5.78 Å². The van der Waals surface area contributed by atoms with E-state index in [0.29, 0.717) is 5.78 Å². The van der Waals surface area contributed by atoms with Crippen molar-refractivity contribution in [3.8, 4) is 0 Å². The van der Waals surface area contributed by atoms with Gasteiger partial charge in [0.2, 0.25) is 0 Å². The number of carbonyl (C=O) groups is 1. The second kappa shape index (κ2) is 4.26. The van der Waals surface area contributed by atoms with Crippen LogP contribution in [0.25, 0.3) is 0 Å². The van der Waals surface area contributed by atoms with Crippen molar-refractivity contribution in [2.24, 2.45) is 5.92 Å². The number of rotatable bonds is 3. The molecule has 0 bridgehead atoms. The van der Waals surface area contributed by atoms with E-state index < -0.39 is 5.54 Å². The van der Waals surface area contributed by atoms with Crippen LogP contribution in [-0.4, -0.2) is 24.8 Å². The SMILES string of the molecule is CC(C)C(=O)C1(N(C)C)CCc2ccccc21. The molecule has 0 saturated heterocycles. The molecule has 0 aliphatic heterocycles. The summed E-state index contributed by atoms with van der Waals surface area (Å²) < 4.78 is 0. The Labute approximate surface area is 104 Å². The molecule has 0 saturated carbocycles. The largest absolute Gasteiger partial charge is 0.297 e. The molecule has 0 spiro atoms. The minimum absolute atomic E-state index is 0.0727. The van der Waals surface area contributed by atoms with Gasteiger partial charge in [-0.05, 0) is 38.1 Å². The molecule has 1 unspecified atom stereocenters. The van der Waals surface area contributed by atoms with Gasteiger partial charge in [-0.3, -0.25) is 9.69 Å². The standard InChI is InChI=1S/C15H21NO/c1-11(2)14(17)15(16(3)4)10-9-12-7-5-6-8-13(12)15/h5-8,11H,9-10H2,1-4H3. The summed E-state index contributed by atoms with van der Waals surface area (Å²) >= 11 is 0. The van der Waals surface area contributed by atoms with Crippen molar-refractivity contribution >= 4 is 5.78 Å². The van der Waals surface area contributed by atoms with Gasteiger partial charge in [0.05, 0.1) is 0 Å². The Bertz CT molecular complexity index is 436. The zero-order valence-electron chi connectivity index (χ0n) is 11.2. The summed E-state index contributed by atoms with van der Waals surface area (Å²) in [5.74, 6) is 0.413. The zero-order valence-corrected chi connectivity index (χ0v) is 11.2. The average molecular weight is 231 g/mol. The Hall–Kier alpha value is -1.15. The van der Waals surface area contributed by atoms with E-state index in [4.69, 9.17) is 0 Å². The molecule has 0 heterocycles. The second-order valence-corrected chi connectivity index (χ2v) is 5.43. The van der Waals surface area contributed by atoms with Crippen LogP contribution in [0.2, 0.25) is 0 Å². The summed E-state index contributed by atoms with van der Waals surface area (Å²) in [6, 6.07) is 8.36. The van der Waals surface area contributed by atoms with E-state index in [1.807, 2.05) is 34.0 Å². The molecule has 92 valence electrons. The number of likely N-dealkylation sites (N-methyl/N-ethyl adjacent to an activating group) is 1. The highest BCUT2D eigenvalue weighted by molar-refractivity contribution is 5.92. The normalized spacial score (nSPS) is 23.2. The highest BCUT2D eigenvalue weighted by Gasteiger charge is 2.47. The molecule has 1 atom stereocenters. The average Bonchev–Trinajstić information content (AvgIpc) is 2.68. The number of nitrogens with zero attached hydrogens (tertiary/aromatic N) is 1. The molecule has 0 radical (unpaired) electrons. The number of carbonyl (C=O) groups excluding carboxylic acids is 1. The van der Waals surface area contributed by atoms with Crippen LogP contribution in [0.3, 0.4) is 0 Å². The highest BCUT2D eigenvalue weighted by atomic mass is 16.1. The first kappa shape index (κ1) is 12.3. The van der Waals surface area contributed by atoms with Crippen molar-refractivity contribution in [3.63, 3.8) is 0 Å². The fraction of sp³-hybridized carbons (Fsp3) is 0.533. The van der Waals surface area contributed by atoms with E-state index in [1.54, 1.807) is 0 Å². The van der Waals surface area contributed by atoms with E-state index >= 15 is 0 Å². The summed E-state index contributed by atoms with van der Waals surface area (Å²) in [4.78, 5) is 14.7. The molecule has 0 N–H and O–H groups in total. The Balaban J connectivity index is 2.56. The first-order chi connectivity index (χ1) is 8.00. The summed E-state index contributed by atoms with van der Waals surface area (Å²) in [6.45, 7) is 3.99. The van der Waals surface area contributed by atoms with E-state index in [9.17, 15) is 4.79 Å². The third-order valence-electron chi connectivity index (χ3n) is 3.91. The van der Waals surface area contributed by atoms with Crippen LogP contribution in [-0.2, 0) is 16.8 Å². The van der Waals surface area contributed by atoms with Crippen molar-refractivity contribution in [1.82, 2.24) is 4.90 Å². The van der Waals surface area contributed by atoms with Gasteiger partial charge in [-0.25, -0.2) is 0 Å². The monoisotopic (exact) mass is 231 g/mol. The maximum atomic E-state index is 12.6. The molecular weight excluding hydrogens is 210 g/mol. The highest BCUT2D eigenvalue weighted by Crippen LogP contribution is 2.42. The fourth-order valence-electron chi connectivity index (χ4n) is 3.01. The number of ketones is 1. The lowest BCUT2D eigenvalue weighted by molar-refractivity contribution is -0.133. The van der Waals surface area contributed by atoms with Gasteiger partial charge in [0.1, 0.15) is 5.54 Å². The van der Waals surface area contributed by atoms with Crippen LogP contribution in [0.1, 0.15) is 31.4 Å². The van der Waals surface area contributed by atoms with E-state index in [-0.39, 0.29) is 5.92 Å². The molecule has 1 aliphatic rings. The summed E-state index contributed by atoms with van der Waals surface area (Å²) in [5.41, 5.74) is 2.14. The van der Waals surface area contributed by atoms with Crippen LogP contribution in [0.4, 0.5) is 0 Å². The lowest BCUT2D eigenvalue weighted by atomic mass is 9.81. The Morgan fingerprint density at radius 1 is 1.29 bits per heavy atom. The summed E-state index contributed by atoms with van der Waals surface area (Å²) in [6.07, 6.45) is 1.92. The zero-order chi connectivity index (χ0) is 12.6. The molecule has 0 amide bonds. The number of hydrogen-bond donors (Lipinski definition) is 0. The quantitative estimate of drug-likeness (QED) is 0.797. The third-order valence-corrected chi connectivity index (χ3v) is 3.91. The molecular formula is C15H21NO. The number of hydrogen-bond acceptors (Lipinski definition) is 2. The minimum atomic E-state index is -0.398. The van der Waals surface area contributed by atoms with E-state index in [0.717, 1.165) is 12.8 Å². The molecule has 2 rings (SSSR count). The van der Waals surface area contributed by atoms with Crippen molar-refractivity contribution in [2.45, 2.75) is 32.2 Å². The van der Waals surface area contributed by atoms with Crippen molar-refractivity contribution in [1.29, 1.82) is 0 Å². The molecule has 1 aromatic rings. The Kier molecular flexibility index (Phi) is 3.09. The Morgan fingerprint density at radius 3 is 2.53 bits per heavy atom. The third kappa shape index (κ3) is 1.71. The number of benzene rings is 1. The maximum absolute atomic E-state index is 12.6. The van der Waals surface area contributed by atoms with Gasteiger partial charge >= 0.3 is 0 Å². The number of fused-ring (bicyclic) bond motifs is 1. The smallest absolute Gasteiger partial charge is 0.160 e. The van der Waals surface area contributed by atoms with Crippen molar-refractivity contribution < 1.29 is 4.79 Å². The predicted octanol–water partition coefficient (Wildman–Crippen LogP) is 2.61. The fourth-order valence-corrected chi connectivity index (χ4v) is 3.01. The number of aryl methyl sites for hydroxylation is 1. The molecule has 2 heteroatoms. The van der Waals surface area contributed by atoms with Crippen LogP contribution < -0.4 is 0 Å². The van der Waals surface area contributed by atoms with E-state index in [1.165, 1.54) is 11.1 Å². The van der Waals surface area contributed by atoms with Gasteiger partial charge in [0, 0.05) is 5.92 Å².